The van der Waals surface area contributed by atoms with E-state index >= 15 is 0 Å². The van der Waals surface area contributed by atoms with E-state index in [1.165, 1.54) is 6.34 Å². The Hall–Kier alpha value is -1.84. The van der Waals surface area contributed by atoms with Crippen LogP contribution in [0.25, 0.3) is 0 Å². The molecule has 0 aromatic heterocycles. The van der Waals surface area contributed by atoms with Crippen LogP contribution in [0.4, 0.5) is 0 Å². The number of hydrogen-bond donors (Lipinski definition) is 1. The second kappa shape index (κ2) is 5.01. The Balaban J connectivity index is 2.86. The molecule has 0 aliphatic heterocycles. The van der Waals surface area contributed by atoms with Crippen LogP contribution in [-0.2, 0) is 0 Å². The monoisotopic (exact) mass is 191 g/mol. The van der Waals surface area contributed by atoms with Crippen molar-refractivity contribution in [1.29, 1.82) is 0 Å². The Morgan fingerprint density at radius 3 is 2.50 bits per heavy atom. The quantitative estimate of drug-likeness (QED) is 0.573. The maximum atomic E-state index is 5.69. The van der Waals surface area contributed by atoms with Crippen molar-refractivity contribution in [2.75, 3.05) is 14.2 Å². The van der Waals surface area contributed by atoms with Crippen LogP contribution < -0.4 is 10.5 Å². The number of aliphatic imine (C=N–C) groups is 2. The zero-order valence-electron chi connectivity index (χ0n) is 8.27. The molecule has 0 unspecified atom stereocenters. The third kappa shape index (κ3) is 2.58. The van der Waals surface area contributed by atoms with Gasteiger partial charge in [-0.25, -0.2) is 4.99 Å². The summed E-state index contributed by atoms with van der Waals surface area (Å²) in [5.74, 6) is 1.24. The van der Waals surface area contributed by atoms with Gasteiger partial charge in [-0.3, -0.25) is 4.99 Å². The molecule has 0 bridgehead atoms. The molecule has 1 rings (SSSR count). The number of nitrogens with zero attached hydrogens (tertiary/aromatic N) is 2. The van der Waals surface area contributed by atoms with Crippen molar-refractivity contribution in [3.05, 3.63) is 29.8 Å². The summed E-state index contributed by atoms with van der Waals surface area (Å²) < 4.78 is 5.02. The van der Waals surface area contributed by atoms with Crippen LogP contribution in [0.1, 0.15) is 5.56 Å². The first-order valence-corrected chi connectivity index (χ1v) is 4.16. The number of methoxy groups -OCH3 is 1. The van der Waals surface area contributed by atoms with Gasteiger partial charge in [0.05, 0.1) is 7.11 Å². The van der Waals surface area contributed by atoms with Gasteiger partial charge in [-0.15, -0.1) is 0 Å². The van der Waals surface area contributed by atoms with Crippen molar-refractivity contribution in [2.45, 2.75) is 0 Å². The second-order valence-electron chi connectivity index (χ2n) is 2.62. The number of benzene rings is 1. The van der Waals surface area contributed by atoms with Gasteiger partial charge < -0.3 is 10.5 Å². The fourth-order valence-electron chi connectivity index (χ4n) is 0.956. The van der Waals surface area contributed by atoms with Gasteiger partial charge in [0.15, 0.2) is 0 Å². The first kappa shape index (κ1) is 10.2. The van der Waals surface area contributed by atoms with E-state index in [9.17, 15) is 0 Å². The van der Waals surface area contributed by atoms with E-state index in [1.54, 1.807) is 14.2 Å². The molecule has 0 spiro atoms. The lowest BCUT2D eigenvalue weighted by Crippen LogP contribution is -2.13. The van der Waals surface area contributed by atoms with Crippen LogP contribution in [0.15, 0.2) is 34.3 Å². The summed E-state index contributed by atoms with van der Waals surface area (Å²) in [6.07, 6.45) is 1.42. The molecule has 14 heavy (non-hydrogen) atoms. The first-order chi connectivity index (χ1) is 6.77. The summed E-state index contributed by atoms with van der Waals surface area (Å²) in [7, 11) is 3.26. The Bertz CT molecular complexity index is 341. The standard InChI is InChI=1S/C10H13N3O/c1-12-7-13-10(11)8-3-5-9(14-2)6-4-8/h3-7H,1-2H3,(H2,11,12,13). The normalized spacial score (nSPS) is 12.0. The van der Waals surface area contributed by atoms with E-state index in [0.717, 1.165) is 11.3 Å². The molecule has 1 aromatic rings. The SMILES string of the molecule is CN=CN=C(N)c1ccc(OC)cc1. The van der Waals surface area contributed by atoms with Crippen LogP contribution in [-0.4, -0.2) is 26.3 Å². The second-order valence-corrected chi connectivity index (χ2v) is 2.62. The molecule has 0 fully saturated rings. The average molecular weight is 191 g/mol. The van der Waals surface area contributed by atoms with Gasteiger partial charge in [-0.1, -0.05) is 0 Å². The van der Waals surface area contributed by atoms with E-state index in [-0.39, 0.29) is 0 Å². The summed E-state index contributed by atoms with van der Waals surface area (Å²) in [6.45, 7) is 0. The van der Waals surface area contributed by atoms with E-state index < -0.39 is 0 Å². The van der Waals surface area contributed by atoms with Crippen LogP contribution in [0.5, 0.6) is 5.75 Å². The lowest BCUT2D eigenvalue weighted by Gasteiger charge is -2.01. The molecule has 0 radical (unpaired) electrons. The summed E-state index contributed by atoms with van der Waals surface area (Å²) in [5, 5.41) is 0. The highest BCUT2D eigenvalue weighted by atomic mass is 16.5. The van der Waals surface area contributed by atoms with Crippen LogP contribution in [0.3, 0.4) is 0 Å². The number of rotatable bonds is 3. The van der Waals surface area contributed by atoms with Crippen LogP contribution in [0, 0.1) is 0 Å². The smallest absolute Gasteiger partial charge is 0.132 e. The molecule has 4 heteroatoms. The molecular weight excluding hydrogens is 178 g/mol. The molecule has 1 aromatic carbocycles. The Morgan fingerprint density at radius 1 is 1.36 bits per heavy atom. The molecule has 0 saturated carbocycles. The molecule has 0 heterocycles. The van der Waals surface area contributed by atoms with Gasteiger partial charge in [-0.2, -0.15) is 0 Å². The Labute approximate surface area is 83.1 Å². The van der Waals surface area contributed by atoms with Gasteiger partial charge in [0.1, 0.15) is 17.9 Å². The Kier molecular flexibility index (Phi) is 3.67. The summed E-state index contributed by atoms with van der Waals surface area (Å²) in [4.78, 5) is 7.65. The first-order valence-electron chi connectivity index (χ1n) is 4.16. The molecule has 2 N–H and O–H groups in total. The zero-order chi connectivity index (χ0) is 10.4. The largest absolute Gasteiger partial charge is 0.497 e. The number of hydrogen-bond acceptors (Lipinski definition) is 2. The van der Waals surface area contributed by atoms with Gasteiger partial charge in [0, 0.05) is 12.6 Å². The minimum absolute atomic E-state index is 0.443. The maximum absolute atomic E-state index is 5.69. The highest BCUT2D eigenvalue weighted by Gasteiger charge is 1.97. The minimum atomic E-state index is 0.443. The van der Waals surface area contributed by atoms with E-state index in [2.05, 4.69) is 9.98 Å². The number of amidine groups is 1. The average Bonchev–Trinajstić information content (AvgIpc) is 2.26. The van der Waals surface area contributed by atoms with Gasteiger partial charge in [-0.05, 0) is 24.3 Å². The molecule has 0 aliphatic carbocycles. The fourth-order valence-corrected chi connectivity index (χ4v) is 0.956. The van der Waals surface area contributed by atoms with Gasteiger partial charge >= 0.3 is 0 Å². The van der Waals surface area contributed by atoms with Crippen LogP contribution >= 0.6 is 0 Å². The highest BCUT2D eigenvalue weighted by Crippen LogP contribution is 2.10. The van der Waals surface area contributed by atoms with Crippen molar-refractivity contribution >= 4 is 12.2 Å². The maximum Gasteiger partial charge on any atom is 0.132 e. The van der Waals surface area contributed by atoms with Crippen molar-refractivity contribution in [1.82, 2.24) is 0 Å². The summed E-state index contributed by atoms with van der Waals surface area (Å²) in [6, 6.07) is 7.37. The fraction of sp³-hybridized carbons (Fsp3) is 0.200. The highest BCUT2D eigenvalue weighted by molar-refractivity contribution is 6.01. The third-order valence-corrected chi connectivity index (χ3v) is 1.70. The minimum Gasteiger partial charge on any atom is -0.497 e. The van der Waals surface area contributed by atoms with Crippen LogP contribution in [0.2, 0.25) is 0 Å². The van der Waals surface area contributed by atoms with E-state index in [4.69, 9.17) is 10.5 Å². The van der Waals surface area contributed by atoms with Gasteiger partial charge in [0.25, 0.3) is 0 Å². The van der Waals surface area contributed by atoms with E-state index in [0.29, 0.717) is 5.84 Å². The molecule has 0 aliphatic rings. The summed E-state index contributed by atoms with van der Waals surface area (Å²) in [5.41, 5.74) is 6.54. The Morgan fingerprint density at radius 2 is 2.00 bits per heavy atom. The van der Waals surface area contributed by atoms with Crippen molar-refractivity contribution in [3.8, 4) is 5.75 Å². The van der Waals surface area contributed by atoms with Crippen molar-refractivity contribution < 1.29 is 4.74 Å². The molecular formula is C10H13N3O. The zero-order valence-corrected chi connectivity index (χ0v) is 8.27. The van der Waals surface area contributed by atoms with Crippen molar-refractivity contribution in [2.24, 2.45) is 15.7 Å². The van der Waals surface area contributed by atoms with Gasteiger partial charge in [0.2, 0.25) is 0 Å². The number of nitrogens with two attached hydrogens (primary N) is 1. The lowest BCUT2D eigenvalue weighted by atomic mass is 10.2. The van der Waals surface area contributed by atoms with E-state index in [1.807, 2.05) is 24.3 Å². The predicted octanol–water partition coefficient (Wildman–Crippen LogP) is 1.06. The number of ether oxygens (including phenoxy) is 1. The van der Waals surface area contributed by atoms with Crippen molar-refractivity contribution in [3.63, 3.8) is 0 Å². The molecule has 4 nitrogen and oxygen atoms in total. The molecule has 74 valence electrons. The molecule has 0 saturated heterocycles. The lowest BCUT2D eigenvalue weighted by molar-refractivity contribution is 0.415. The predicted molar refractivity (Wildman–Crippen MR) is 58.1 cm³/mol. The molecule has 0 atom stereocenters. The third-order valence-electron chi connectivity index (χ3n) is 1.70. The molecule has 0 amide bonds. The topological polar surface area (TPSA) is 60.0 Å². The summed E-state index contributed by atoms with van der Waals surface area (Å²) >= 11 is 0.